The normalized spacial score (nSPS) is 31.8. The molecule has 1 aromatic rings. The zero-order valence-corrected chi connectivity index (χ0v) is 10.9. The van der Waals surface area contributed by atoms with Gasteiger partial charge < -0.3 is 5.73 Å². The molecule has 0 spiro atoms. The smallest absolute Gasteiger partial charge is 0.123 e. The number of piperidine rings is 1. The number of benzene rings is 1. The maximum absolute atomic E-state index is 13.3. The monoisotopic (exact) mass is 248 g/mol. The lowest BCUT2D eigenvalue weighted by atomic mass is 9.97. The van der Waals surface area contributed by atoms with Crippen LogP contribution < -0.4 is 5.73 Å². The van der Waals surface area contributed by atoms with Gasteiger partial charge in [-0.2, -0.15) is 0 Å². The standard InChI is InChI=1S/C15H21FN2/c1-10-2-3-12(16)6-11(10)9-18-14-4-5-15(18)8-13(17)7-14/h2-3,6,13-15H,4-5,7-9,17H2,1H3. The molecule has 2 unspecified atom stereocenters. The third-order valence-electron chi connectivity index (χ3n) is 4.58. The molecule has 2 fully saturated rings. The highest BCUT2D eigenvalue weighted by Crippen LogP contribution is 2.36. The average Bonchev–Trinajstić information content (AvgIpc) is 2.57. The zero-order valence-electron chi connectivity index (χ0n) is 10.9. The number of aryl methyl sites for hydroxylation is 1. The van der Waals surface area contributed by atoms with E-state index in [4.69, 9.17) is 5.73 Å². The number of nitrogens with zero attached hydrogens (tertiary/aromatic N) is 1. The quantitative estimate of drug-likeness (QED) is 0.871. The SMILES string of the molecule is Cc1ccc(F)cc1CN1C2CCC1CC(N)C2. The molecule has 2 bridgehead atoms. The maximum Gasteiger partial charge on any atom is 0.123 e. The van der Waals surface area contributed by atoms with Crippen LogP contribution in [-0.4, -0.2) is 23.0 Å². The van der Waals surface area contributed by atoms with Crippen molar-refractivity contribution in [2.45, 2.75) is 57.3 Å². The van der Waals surface area contributed by atoms with Gasteiger partial charge in [0.2, 0.25) is 0 Å². The van der Waals surface area contributed by atoms with E-state index in [1.54, 1.807) is 12.1 Å². The Balaban J connectivity index is 1.79. The fourth-order valence-corrected chi connectivity index (χ4v) is 3.58. The zero-order chi connectivity index (χ0) is 12.7. The molecule has 0 saturated carbocycles. The molecule has 98 valence electrons. The van der Waals surface area contributed by atoms with E-state index in [1.165, 1.54) is 18.4 Å². The van der Waals surface area contributed by atoms with Crippen LogP contribution in [0, 0.1) is 12.7 Å². The molecule has 2 nitrogen and oxygen atoms in total. The summed E-state index contributed by atoms with van der Waals surface area (Å²) in [7, 11) is 0. The number of fused-ring (bicyclic) bond motifs is 2. The summed E-state index contributed by atoms with van der Waals surface area (Å²) in [5.74, 6) is -0.128. The molecular formula is C15H21FN2. The van der Waals surface area contributed by atoms with Gasteiger partial charge in [0.1, 0.15) is 5.82 Å². The first-order chi connectivity index (χ1) is 8.63. The Kier molecular flexibility index (Phi) is 3.12. The lowest BCUT2D eigenvalue weighted by Gasteiger charge is -2.38. The third-order valence-corrected chi connectivity index (χ3v) is 4.58. The van der Waals surface area contributed by atoms with Crippen LogP contribution >= 0.6 is 0 Å². The van der Waals surface area contributed by atoms with Crippen LogP contribution in [0.1, 0.15) is 36.8 Å². The van der Waals surface area contributed by atoms with Crippen LogP contribution in [0.15, 0.2) is 18.2 Å². The third kappa shape index (κ3) is 2.17. The summed E-state index contributed by atoms with van der Waals surface area (Å²) in [5, 5.41) is 0. The summed E-state index contributed by atoms with van der Waals surface area (Å²) in [6.45, 7) is 2.94. The highest BCUT2D eigenvalue weighted by molar-refractivity contribution is 5.27. The van der Waals surface area contributed by atoms with E-state index < -0.39 is 0 Å². The van der Waals surface area contributed by atoms with Crippen LogP contribution in [-0.2, 0) is 6.54 Å². The highest BCUT2D eigenvalue weighted by Gasteiger charge is 2.39. The first-order valence-corrected chi connectivity index (χ1v) is 6.90. The fourth-order valence-electron chi connectivity index (χ4n) is 3.58. The Bertz CT molecular complexity index is 432. The lowest BCUT2D eigenvalue weighted by Crippen LogP contribution is -2.46. The van der Waals surface area contributed by atoms with E-state index in [0.717, 1.165) is 24.9 Å². The number of hydrogen-bond acceptors (Lipinski definition) is 2. The van der Waals surface area contributed by atoms with E-state index >= 15 is 0 Å². The summed E-state index contributed by atoms with van der Waals surface area (Å²) in [6, 6.07) is 6.70. The molecule has 18 heavy (non-hydrogen) atoms. The van der Waals surface area contributed by atoms with Gasteiger partial charge in [0, 0.05) is 24.7 Å². The molecule has 1 aromatic carbocycles. The van der Waals surface area contributed by atoms with Crippen molar-refractivity contribution in [3.8, 4) is 0 Å². The Labute approximate surface area is 108 Å². The van der Waals surface area contributed by atoms with Crippen molar-refractivity contribution in [2.24, 2.45) is 5.73 Å². The van der Waals surface area contributed by atoms with Gasteiger partial charge in [0.15, 0.2) is 0 Å². The average molecular weight is 248 g/mol. The highest BCUT2D eigenvalue weighted by atomic mass is 19.1. The predicted octanol–water partition coefficient (Wildman–Crippen LogP) is 2.59. The molecule has 0 radical (unpaired) electrons. The van der Waals surface area contributed by atoms with E-state index in [9.17, 15) is 4.39 Å². The molecule has 2 N–H and O–H groups in total. The molecule has 2 saturated heterocycles. The Morgan fingerprint density at radius 1 is 1.28 bits per heavy atom. The molecule has 2 aliphatic rings. The summed E-state index contributed by atoms with van der Waals surface area (Å²) in [4.78, 5) is 2.55. The van der Waals surface area contributed by atoms with Crippen molar-refractivity contribution < 1.29 is 4.39 Å². The maximum atomic E-state index is 13.3. The van der Waals surface area contributed by atoms with Gasteiger partial charge >= 0.3 is 0 Å². The van der Waals surface area contributed by atoms with Crippen LogP contribution in [0.4, 0.5) is 4.39 Å². The van der Waals surface area contributed by atoms with E-state index in [2.05, 4.69) is 11.8 Å². The van der Waals surface area contributed by atoms with Crippen LogP contribution in [0.3, 0.4) is 0 Å². The molecule has 3 rings (SSSR count). The van der Waals surface area contributed by atoms with Crippen molar-refractivity contribution in [1.82, 2.24) is 4.90 Å². The van der Waals surface area contributed by atoms with Crippen molar-refractivity contribution in [3.63, 3.8) is 0 Å². The van der Waals surface area contributed by atoms with E-state index in [0.29, 0.717) is 18.1 Å². The van der Waals surface area contributed by atoms with Crippen LogP contribution in [0.25, 0.3) is 0 Å². The van der Waals surface area contributed by atoms with Gasteiger partial charge in [-0.3, -0.25) is 4.90 Å². The van der Waals surface area contributed by atoms with Crippen LogP contribution in [0.2, 0.25) is 0 Å². The number of hydrogen-bond donors (Lipinski definition) is 1. The molecule has 0 aromatic heterocycles. The molecule has 0 amide bonds. The largest absolute Gasteiger partial charge is 0.328 e. The van der Waals surface area contributed by atoms with Gasteiger partial charge in [-0.1, -0.05) is 6.07 Å². The van der Waals surface area contributed by atoms with E-state index in [1.807, 2.05) is 6.07 Å². The first-order valence-electron chi connectivity index (χ1n) is 6.90. The Hall–Kier alpha value is -0.930. The second kappa shape index (κ2) is 4.63. The van der Waals surface area contributed by atoms with Gasteiger partial charge in [0.05, 0.1) is 0 Å². The molecule has 2 atom stereocenters. The summed E-state index contributed by atoms with van der Waals surface area (Å²) in [5.41, 5.74) is 8.39. The lowest BCUT2D eigenvalue weighted by molar-refractivity contribution is 0.119. The van der Waals surface area contributed by atoms with Crippen molar-refractivity contribution >= 4 is 0 Å². The summed E-state index contributed by atoms with van der Waals surface area (Å²) < 4.78 is 13.3. The first kappa shape index (κ1) is 12.1. The molecule has 3 heteroatoms. The van der Waals surface area contributed by atoms with Gasteiger partial charge in [-0.15, -0.1) is 0 Å². The van der Waals surface area contributed by atoms with Crippen molar-refractivity contribution in [3.05, 3.63) is 35.1 Å². The minimum atomic E-state index is -0.128. The van der Waals surface area contributed by atoms with Crippen LogP contribution in [0.5, 0.6) is 0 Å². The second-order valence-electron chi connectivity index (χ2n) is 5.86. The number of nitrogens with two attached hydrogens (primary N) is 1. The van der Waals surface area contributed by atoms with Crippen molar-refractivity contribution in [1.29, 1.82) is 0 Å². The van der Waals surface area contributed by atoms with Crippen molar-refractivity contribution in [2.75, 3.05) is 0 Å². The van der Waals surface area contributed by atoms with Gasteiger partial charge in [-0.05, 0) is 55.9 Å². The topological polar surface area (TPSA) is 29.3 Å². The number of halogens is 1. The van der Waals surface area contributed by atoms with Gasteiger partial charge in [0.25, 0.3) is 0 Å². The summed E-state index contributed by atoms with van der Waals surface area (Å²) in [6.07, 6.45) is 4.72. The minimum Gasteiger partial charge on any atom is -0.328 e. The molecule has 2 aliphatic heterocycles. The second-order valence-corrected chi connectivity index (χ2v) is 5.86. The molecule has 0 aliphatic carbocycles. The predicted molar refractivity (Wildman–Crippen MR) is 70.7 cm³/mol. The molecular weight excluding hydrogens is 227 g/mol. The Morgan fingerprint density at radius 3 is 2.61 bits per heavy atom. The van der Waals surface area contributed by atoms with Gasteiger partial charge in [-0.25, -0.2) is 4.39 Å². The fraction of sp³-hybridized carbons (Fsp3) is 0.600. The van der Waals surface area contributed by atoms with E-state index in [-0.39, 0.29) is 5.82 Å². The Morgan fingerprint density at radius 2 is 1.94 bits per heavy atom. The molecule has 2 heterocycles. The summed E-state index contributed by atoms with van der Waals surface area (Å²) >= 11 is 0. The number of rotatable bonds is 2. The minimum absolute atomic E-state index is 0.128.